The van der Waals surface area contributed by atoms with Crippen molar-refractivity contribution >= 4 is 17.3 Å². The zero-order valence-electron chi connectivity index (χ0n) is 11.8. The van der Waals surface area contributed by atoms with E-state index in [0.29, 0.717) is 30.2 Å². The predicted molar refractivity (Wildman–Crippen MR) is 78.0 cm³/mol. The Morgan fingerprint density at radius 2 is 2.10 bits per heavy atom. The van der Waals surface area contributed by atoms with Gasteiger partial charge in [0, 0.05) is 32.4 Å². The molecular formula is C14H17N5O2. The molecule has 0 bridgehead atoms. The summed E-state index contributed by atoms with van der Waals surface area (Å²) in [6, 6.07) is 1.90. The topological polar surface area (TPSA) is 88.5 Å². The molecule has 1 fully saturated rings. The first-order chi connectivity index (χ1) is 10.2. The highest BCUT2D eigenvalue weighted by Crippen LogP contribution is 2.23. The second-order valence-corrected chi connectivity index (χ2v) is 4.98. The van der Waals surface area contributed by atoms with Crippen LogP contribution in [-0.4, -0.2) is 47.0 Å². The van der Waals surface area contributed by atoms with Crippen molar-refractivity contribution < 1.29 is 9.21 Å². The maximum Gasteiger partial charge on any atom is 0.291 e. The predicted octanol–water partition coefficient (Wildman–Crippen LogP) is 0.923. The van der Waals surface area contributed by atoms with Crippen LogP contribution in [0.4, 0.5) is 11.4 Å². The van der Waals surface area contributed by atoms with Crippen LogP contribution in [0.2, 0.25) is 0 Å². The third kappa shape index (κ3) is 2.54. The van der Waals surface area contributed by atoms with E-state index in [-0.39, 0.29) is 5.91 Å². The molecule has 21 heavy (non-hydrogen) atoms. The molecule has 0 aliphatic carbocycles. The van der Waals surface area contributed by atoms with Gasteiger partial charge in [0.05, 0.1) is 23.3 Å². The number of hydrogen-bond acceptors (Lipinski definition) is 6. The van der Waals surface area contributed by atoms with Crippen molar-refractivity contribution in [3.8, 4) is 0 Å². The number of carbonyl (C=O) groups excluding carboxylic acids is 1. The minimum Gasteiger partial charge on any atom is -0.438 e. The normalized spacial score (nSPS) is 15.3. The Morgan fingerprint density at radius 3 is 2.71 bits per heavy atom. The Balaban J connectivity index is 1.67. The monoisotopic (exact) mass is 287 g/mol. The lowest BCUT2D eigenvalue weighted by atomic mass is 10.2. The molecule has 0 aromatic carbocycles. The molecule has 1 saturated heterocycles. The number of pyridine rings is 1. The van der Waals surface area contributed by atoms with Crippen LogP contribution in [0, 0.1) is 6.92 Å². The molecule has 7 heteroatoms. The van der Waals surface area contributed by atoms with Gasteiger partial charge in [-0.05, 0) is 13.0 Å². The number of carbonyl (C=O) groups is 1. The molecule has 1 amide bonds. The van der Waals surface area contributed by atoms with Gasteiger partial charge < -0.3 is 20.0 Å². The van der Waals surface area contributed by atoms with Crippen LogP contribution in [0.1, 0.15) is 16.2 Å². The summed E-state index contributed by atoms with van der Waals surface area (Å²) in [6.07, 6.45) is 4.67. The second-order valence-electron chi connectivity index (χ2n) is 4.98. The van der Waals surface area contributed by atoms with Crippen molar-refractivity contribution in [3.63, 3.8) is 0 Å². The number of nitrogen functional groups attached to an aromatic ring is 1. The van der Waals surface area contributed by atoms with E-state index in [2.05, 4.69) is 14.9 Å². The second kappa shape index (κ2) is 5.43. The maximum atomic E-state index is 12.3. The Bertz CT molecular complexity index is 646. The summed E-state index contributed by atoms with van der Waals surface area (Å²) in [5.74, 6) is 0.222. The van der Waals surface area contributed by atoms with E-state index in [1.807, 2.05) is 6.07 Å². The highest BCUT2D eigenvalue weighted by atomic mass is 16.3. The number of rotatable bonds is 2. The van der Waals surface area contributed by atoms with Gasteiger partial charge in [-0.2, -0.15) is 0 Å². The molecule has 2 aromatic heterocycles. The molecule has 0 saturated carbocycles. The molecule has 3 heterocycles. The van der Waals surface area contributed by atoms with E-state index in [1.54, 1.807) is 24.2 Å². The fourth-order valence-electron chi connectivity index (χ4n) is 2.49. The lowest BCUT2D eigenvalue weighted by molar-refractivity contribution is 0.0713. The van der Waals surface area contributed by atoms with Crippen molar-refractivity contribution in [2.75, 3.05) is 36.8 Å². The van der Waals surface area contributed by atoms with Crippen LogP contribution in [-0.2, 0) is 0 Å². The molecule has 2 aromatic rings. The van der Waals surface area contributed by atoms with Crippen LogP contribution >= 0.6 is 0 Å². The van der Waals surface area contributed by atoms with E-state index in [9.17, 15) is 4.79 Å². The van der Waals surface area contributed by atoms with E-state index in [4.69, 9.17) is 10.2 Å². The summed E-state index contributed by atoms with van der Waals surface area (Å²) in [7, 11) is 0. The molecule has 7 nitrogen and oxygen atoms in total. The minimum absolute atomic E-state index is 0.104. The van der Waals surface area contributed by atoms with Gasteiger partial charge in [0.1, 0.15) is 0 Å². The first-order valence-electron chi connectivity index (χ1n) is 6.80. The maximum absolute atomic E-state index is 12.3. The van der Waals surface area contributed by atoms with Crippen molar-refractivity contribution in [3.05, 3.63) is 36.3 Å². The molecule has 110 valence electrons. The molecule has 3 rings (SSSR count). The number of nitrogens with zero attached hydrogens (tertiary/aromatic N) is 4. The number of aryl methyl sites for hydroxylation is 1. The number of oxazole rings is 1. The lowest BCUT2D eigenvalue weighted by Gasteiger charge is -2.36. The Morgan fingerprint density at radius 1 is 1.33 bits per heavy atom. The summed E-state index contributed by atoms with van der Waals surface area (Å²) in [6.45, 7) is 4.48. The molecule has 0 radical (unpaired) electrons. The fourth-order valence-corrected chi connectivity index (χ4v) is 2.49. The highest BCUT2D eigenvalue weighted by Gasteiger charge is 2.26. The van der Waals surface area contributed by atoms with Crippen molar-refractivity contribution in [2.24, 2.45) is 0 Å². The summed E-state index contributed by atoms with van der Waals surface area (Å²) in [4.78, 5) is 24.2. The third-order valence-electron chi connectivity index (χ3n) is 3.68. The number of amides is 1. The fraction of sp³-hybridized carbons (Fsp3) is 0.357. The Labute approximate surface area is 122 Å². The lowest BCUT2D eigenvalue weighted by Crippen LogP contribution is -2.49. The molecule has 0 spiro atoms. The Kier molecular flexibility index (Phi) is 3.47. The molecule has 0 unspecified atom stereocenters. The average molecular weight is 287 g/mol. The summed E-state index contributed by atoms with van der Waals surface area (Å²) in [5.41, 5.74) is 8.18. The van der Waals surface area contributed by atoms with Gasteiger partial charge in [-0.15, -0.1) is 0 Å². The zero-order valence-corrected chi connectivity index (χ0v) is 11.8. The Hall–Kier alpha value is -2.57. The number of anilines is 2. The van der Waals surface area contributed by atoms with Crippen molar-refractivity contribution in [1.82, 2.24) is 14.9 Å². The van der Waals surface area contributed by atoms with Crippen LogP contribution < -0.4 is 10.6 Å². The van der Waals surface area contributed by atoms with Crippen molar-refractivity contribution in [2.45, 2.75) is 6.92 Å². The van der Waals surface area contributed by atoms with Crippen LogP contribution in [0.15, 0.2) is 29.3 Å². The van der Waals surface area contributed by atoms with Crippen LogP contribution in [0.25, 0.3) is 0 Å². The summed E-state index contributed by atoms with van der Waals surface area (Å²) in [5, 5.41) is 0. The van der Waals surface area contributed by atoms with E-state index in [1.165, 1.54) is 6.39 Å². The van der Waals surface area contributed by atoms with Gasteiger partial charge in [0.2, 0.25) is 5.76 Å². The quantitative estimate of drug-likeness (QED) is 0.883. The summed E-state index contributed by atoms with van der Waals surface area (Å²) >= 11 is 0. The smallest absolute Gasteiger partial charge is 0.291 e. The number of aromatic nitrogens is 2. The van der Waals surface area contributed by atoms with Crippen LogP contribution in [0.5, 0.6) is 0 Å². The SMILES string of the molecule is Cc1ncoc1C(=O)N1CCN(c2ccncc2N)CC1. The number of hydrogen-bond donors (Lipinski definition) is 1. The van der Waals surface area contributed by atoms with Gasteiger partial charge in [0.25, 0.3) is 5.91 Å². The van der Waals surface area contributed by atoms with Gasteiger partial charge in [-0.3, -0.25) is 9.78 Å². The highest BCUT2D eigenvalue weighted by molar-refractivity contribution is 5.92. The van der Waals surface area contributed by atoms with Crippen molar-refractivity contribution in [1.29, 1.82) is 0 Å². The van der Waals surface area contributed by atoms with Gasteiger partial charge >= 0.3 is 0 Å². The number of nitrogens with two attached hydrogens (primary N) is 1. The molecule has 1 aliphatic heterocycles. The molecule has 1 aliphatic rings. The minimum atomic E-state index is -0.104. The largest absolute Gasteiger partial charge is 0.438 e. The molecule has 0 atom stereocenters. The summed E-state index contributed by atoms with van der Waals surface area (Å²) < 4.78 is 5.17. The standard InChI is InChI=1S/C14H17N5O2/c1-10-13(21-9-17-10)14(20)19-6-4-18(5-7-19)12-2-3-16-8-11(12)15/h2-3,8-9H,4-7,15H2,1H3. The molecule has 2 N–H and O–H groups in total. The number of piperazine rings is 1. The first kappa shape index (κ1) is 13.4. The third-order valence-corrected chi connectivity index (χ3v) is 3.68. The van der Waals surface area contributed by atoms with E-state index in [0.717, 1.165) is 18.8 Å². The van der Waals surface area contributed by atoms with E-state index < -0.39 is 0 Å². The van der Waals surface area contributed by atoms with E-state index >= 15 is 0 Å². The van der Waals surface area contributed by atoms with Gasteiger partial charge in [-0.25, -0.2) is 4.98 Å². The first-order valence-corrected chi connectivity index (χ1v) is 6.80. The zero-order chi connectivity index (χ0) is 14.8. The average Bonchev–Trinajstić information content (AvgIpc) is 2.93. The van der Waals surface area contributed by atoms with Crippen LogP contribution in [0.3, 0.4) is 0 Å². The molecular weight excluding hydrogens is 270 g/mol. The van der Waals surface area contributed by atoms with Gasteiger partial charge in [-0.1, -0.05) is 0 Å². The van der Waals surface area contributed by atoms with Gasteiger partial charge in [0.15, 0.2) is 6.39 Å².